The monoisotopic (exact) mass is 397 g/mol. The van der Waals surface area contributed by atoms with E-state index in [4.69, 9.17) is 14.5 Å². The molecule has 0 aliphatic carbocycles. The molecule has 0 saturated heterocycles. The van der Waals surface area contributed by atoms with Crippen LogP contribution in [0.4, 0.5) is 0 Å². The fourth-order valence-corrected chi connectivity index (χ4v) is 3.89. The van der Waals surface area contributed by atoms with Crippen LogP contribution in [0.1, 0.15) is 18.3 Å². The van der Waals surface area contributed by atoms with Gasteiger partial charge in [-0.1, -0.05) is 18.2 Å². The highest BCUT2D eigenvalue weighted by molar-refractivity contribution is 7.97. The zero-order chi connectivity index (χ0) is 19.5. The number of benzene rings is 2. The van der Waals surface area contributed by atoms with Gasteiger partial charge in [0.25, 0.3) is 0 Å². The highest BCUT2D eigenvalue weighted by atomic mass is 32.2. The van der Waals surface area contributed by atoms with Crippen molar-refractivity contribution < 1.29 is 14.3 Å². The Kier molecular flexibility index (Phi) is 5.43. The average molecular weight is 398 g/mol. The molecule has 1 aliphatic heterocycles. The molecule has 0 atom stereocenters. The van der Waals surface area contributed by atoms with E-state index in [1.807, 2.05) is 65.1 Å². The molecule has 2 aromatic carbocycles. The first kappa shape index (κ1) is 18.7. The van der Waals surface area contributed by atoms with Gasteiger partial charge in [-0.05, 0) is 43.0 Å². The summed E-state index contributed by atoms with van der Waals surface area (Å²) >= 11 is 1.71. The zero-order valence-corrected chi connectivity index (χ0v) is 16.9. The van der Waals surface area contributed by atoms with Gasteiger partial charge >= 0.3 is 0 Å². The maximum absolute atomic E-state index is 13.1. The van der Waals surface area contributed by atoms with E-state index in [0.717, 1.165) is 39.7 Å². The second kappa shape index (κ2) is 8.14. The van der Waals surface area contributed by atoms with Gasteiger partial charge in [-0.3, -0.25) is 4.79 Å². The number of fused-ring (bicyclic) bond motifs is 2. The van der Waals surface area contributed by atoms with Crippen molar-refractivity contribution in [2.45, 2.75) is 25.8 Å². The number of imidazole rings is 1. The first-order valence-corrected chi connectivity index (χ1v) is 10.7. The third kappa shape index (κ3) is 3.67. The molecule has 1 aliphatic rings. The van der Waals surface area contributed by atoms with E-state index in [9.17, 15) is 4.79 Å². The molecule has 1 aromatic heterocycles. The van der Waals surface area contributed by atoms with Crippen LogP contribution in [0.5, 0.6) is 11.5 Å². The second-order valence-electron chi connectivity index (χ2n) is 6.63. The van der Waals surface area contributed by atoms with Crippen LogP contribution in [0.25, 0.3) is 11.0 Å². The van der Waals surface area contributed by atoms with Crippen molar-refractivity contribution in [1.82, 2.24) is 14.5 Å². The smallest absolute Gasteiger partial charge is 0.242 e. The zero-order valence-electron chi connectivity index (χ0n) is 16.1. The minimum Gasteiger partial charge on any atom is -0.454 e. The lowest BCUT2D eigenvalue weighted by Gasteiger charge is -2.22. The molecule has 0 radical (unpaired) electrons. The van der Waals surface area contributed by atoms with Crippen molar-refractivity contribution in [1.29, 1.82) is 0 Å². The minimum absolute atomic E-state index is 0.0747. The first-order valence-electron chi connectivity index (χ1n) is 9.29. The van der Waals surface area contributed by atoms with E-state index in [2.05, 4.69) is 0 Å². The third-order valence-corrected chi connectivity index (χ3v) is 5.39. The topological polar surface area (TPSA) is 56.6 Å². The van der Waals surface area contributed by atoms with Crippen LogP contribution in [0.3, 0.4) is 0 Å². The number of nitrogens with zero attached hydrogens (tertiary/aromatic N) is 3. The van der Waals surface area contributed by atoms with Gasteiger partial charge in [-0.2, -0.15) is 11.8 Å². The average Bonchev–Trinajstić information content (AvgIpc) is 3.31. The van der Waals surface area contributed by atoms with Crippen molar-refractivity contribution in [3.63, 3.8) is 0 Å². The first-order chi connectivity index (χ1) is 13.7. The summed E-state index contributed by atoms with van der Waals surface area (Å²) in [5, 5.41) is 0. The number of likely N-dealkylation sites (N-methyl/N-ethyl adjacent to an activating group) is 1. The van der Waals surface area contributed by atoms with E-state index in [1.54, 1.807) is 11.8 Å². The molecule has 7 heteroatoms. The Hall–Kier alpha value is -2.67. The summed E-state index contributed by atoms with van der Waals surface area (Å²) in [6.45, 7) is 3.71. The van der Waals surface area contributed by atoms with Gasteiger partial charge in [0.1, 0.15) is 12.4 Å². The molecular weight excluding hydrogens is 374 g/mol. The third-order valence-electron chi connectivity index (χ3n) is 4.85. The van der Waals surface area contributed by atoms with Gasteiger partial charge in [0, 0.05) is 13.1 Å². The summed E-state index contributed by atoms with van der Waals surface area (Å²) in [5.41, 5.74) is 2.96. The van der Waals surface area contributed by atoms with Gasteiger partial charge < -0.3 is 18.9 Å². The molecule has 0 N–H and O–H groups in total. The quantitative estimate of drug-likeness (QED) is 0.609. The summed E-state index contributed by atoms with van der Waals surface area (Å²) < 4.78 is 12.9. The number of ether oxygens (including phenoxy) is 2. The molecular formula is C21H23N3O3S. The molecule has 0 unspecified atom stereocenters. The van der Waals surface area contributed by atoms with E-state index in [0.29, 0.717) is 13.1 Å². The number of carbonyl (C=O) groups excluding carboxylic acids is 1. The lowest BCUT2D eigenvalue weighted by molar-refractivity contribution is -0.132. The molecule has 2 heterocycles. The molecule has 0 saturated carbocycles. The summed E-state index contributed by atoms with van der Waals surface area (Å²) in [6, 6.07) is 13.8. The Morgan fingerprint density at radius 1 is 1.21 bits per heavy atom. The van der Waals surface area contributed by atoms with Crippen molar-refractivity contribution in [3.8, 4) is 11.5 Å². The molecule has 3 aromatic rings. The normalized spacial score (nSPS) is 12.5. The second-order valence-corrected chi connectivity index (χ2v) is 7.50. The Morgan fingerprint density at radius 3 is 2.86 bits per heavy atom. The van der Waals surface area contributed by atoms with Crippen molar-refractivity contribution in [2.24, 2.45) is 0 Å². The highest BCUT2D eigenvalue weighted by Gasteiger charge is 2.19. The van der Waals surface area contributed by atoms with Gasteiger partial charge in [-0.15, -0.1) is 0 Å². The minimum atomic E-state index is 0.0747. The number of thioether (sulfide) groups is 1. The van der Waals surface area contributed by atoms with E-state index in [-0.39, 0.29) is 19.2 Å². The number of para-hydroxylation sites is 2. The summed E-state index contributed by atoms with van der Waals surface area (Å²) in [5.74, 6) is 3.27. The number of rotatable bonds is 7. The summed E-state index contributed by atoms with van der Waals surface area (Å²) in [6.07, 6.45) is 2.05. The molecule has 0 spiro atoms. The van der Waals surface area contributed by atoms with Crippen LogP contribution < -0.4 is 9.47 Å². The van der Waals surface area contributed by atoms with Crippen LogP contribution >= 0.6 is 11.8 Å². The van der Waals surface area contributed by atoms with E-state index in [1.165, 1.54) is 0 Å². The molecule has 4 rings (SSSR count). The van der Waals surface area contributed by atoms with Gasteiger partial charge in [-0.25, -0.2) is 4.98 Å². The van der Waals surface area contributed by atoms with Crippen molar-refractivity contribution in [2.75, 3.05) is 19.6 Å². The molecule has 28 heavy (non-hydrogen) atoms. The highest BCUT2D eigenvalue weighted by Crippen LogP contribution is 2.32. The predicted octanol–water partition coefficient (Wildman–Crippen LogP) is 3.68. The Bertz CT molecular complexity index is 1000. The number of hydrogen-bond acceptors (Lipinski definition) is 5. The van der Waals surface area contributed by atoms with Crippen LogP contribution in [0, 0.1) is 0 Å². The molecule has 146 valence electrons. The lowest BCUT2D eigenvalue weighted by Crippen LogP contribution is -2.33. The number of hydrogen-bond donors (Lipinski definition) is 0. The van der Waals surface area contributed by atoms with Crippen molar-refractivity contribution in [3.05, 3.63) is 53.9 Å². The molecule has 1 amide bonds. The maximum Gasteiger partial charge on any atom is 0.242 e. The largest absolute Gasteiger partial charge is 0.454 e. The fraction of sp³-hybridized carbons (Fsp3) is 0.333. The van der Waals surface area contributed by atoms with Crippen LogP contribution in [-0.2, 0) is 23.6 Å². The predicted molar refractivity (Wildman–Crippen MR) is 111 cm³/mol. The SMILES string of the molecule is CCN(Cc1ccc2c(c1)OCO2)C(=O)Cn1c(CSC)nc2ccccc21. The summed E-state index contributed by atoms with van der Waals surface area (Å²) in [7, 11) is 0. The van der Waals surface area contributed by atoms with Crippen molar-refractivity contribution >= 4 is 28.7 Å². The van der Waals surface area contributed by atoms with Crippen LogP contribution in [0.2, 0.25) is 0 Å². The molecule has 6 nitrogen and oxygen atoms in total. The van der Waals surface area contributed by atoms with Gasteiger partial charge in [0.15, 0.2) is 11.5 Å². The summed E-state index contributed by atoms with van der Waals surface area (Å²) in [4.78, 5) is 19.7. The van der Waals surface area contributed by atoms with Gasteiger partial charge in [0.2, 0.25) is 12.7 Å². The standard InChI is InChI=1S/C21H23N3O3S/c1-3-23(11-15-8-9-18-19(10-15)27-14-26-18)21(25)12-24-17-7-5-4-6-16(17)22-20(24)13-28-2/h4-10H,3,11-14H2,1-2H3. The fourth-order valence-electron chi connectivity index (χ4n) is 3.41. The Morgan fingerprint density at radius 2 is 2.04 bits per heavy atom. The Labute approximate surface area is 168 Å². The maximum atomic E-state index is 13.1. The van der Waals surface area contributed by atoms with Gasteiger partial charge in [0.05, 0.1) is 16.8 Å². The van der Waals surface area contributed by atoms with E-state index < -0.39 is 0 Å². The van der Waals surface area contributed by atoms with E-state index >= 15 is 0 Å². The number of aromatic nitrogens is 2. The van der Waals surface area contributed by atoms with Crippen LogP contribution in [-0.4, -0.2) is 40.0 Å². The molecule has 0 fully saturated rings. The van der Waals surface area contributed by atoms with Crippen LogP contribution in [0.15, 0.2) is 42.5 Å². The Balaban J connectivity index is 1.55. The number of amides is 1. The molecule has 0 bridgehead atoms. The lowest BCUT2D eigenvalue weighted by atomic mass is 10.2. The number of carbonyl (C=O) groups is 1.